The summed E-state index contributed by atoms with van der Waals surface area (Å²) in [5.41, 5.74) is 8.84. The maximum Gasteiger partial charge on any atom is 0.309 e. The van der Waals surface area contributed by atoms with E-state index in [-0.39, 0.29) is 30.7 Å². The van der Waals surface area contributed by atoms with Crippen molar-refractivity contribution in [2.45, 2.75) is 6.42 Å². The highest BCUT2D eigenvalue weighted by Gasteiger charge is 2.22. The van der Waals surface area contributed by atoms with E-state index in [0.29, 0.717) is 37.6 Å². The van der Waals surface area contributed by atoms with Crippen LogP contribution >= 0.6 is 11.3 Å². The second kappa shape index (κ2) is 11.1. The molecular weight excluding hydrogens is 466 g/mol. The van der Waals surface area contributed by atoms with Gasteiger partial charge in [-0.15, -0.1) is 11.3 Å². The van der Waals surface area contributed by atoms with Gasteiger partial charge < -0.3 is 20.7 Å². The molecule has 3 aromatic rings. The molecular formula is C25H27N5O4S. The number of primary amides is 1. The second-order valence-corrected chi connectivity index (χ2v) is 9.05. The fourth-order valence-corrected chi connectivity index (χ4v) is 4.74. The lowest BCUT2D eigenvalue weighted by atomic mass is 10.1. The van der Waals surface area contributed by atoms with E-state index in [0.717, 1.165) is 21.8 Å². The van der Waals surface area contributed by atoms with Crippen LogP contribution in [0.25, 0.3) is 10.6 Å². The standard InChI is InChI=1S/C25H27N5O4S/c1-34-23(32)14-17-7-8-19(21(13-17)30-11-9-29(10-12-30)15-22(26)31)27-24(33)20-16-35-25(28-20)18-5-3-2-4-6-18/h2-8,13,16H,9-12,14-15H2,1H3,(H2,26,31)(H,27,33). The van der Waals surface area contributed by atoms with Crippen LogP contribution in [0.15, 0.2) is 53.9 Å². The molecule has 10 heteroatoms. The molecule has 1 saturated heterocycles. The first-order valence-electron chi connectivity index (χ1n) is 11.2. The number of anilines is 2. The molecule has 0 saturated carbocycles. The van der Waals surface area contributed by atoms with Crippen LogP contribution in [0.3, 0.4) is 0 Å². The Bertz CT molecular complexity index is 1210. The molecule has 0 unspecified atom stereocenters. The van der Waals surface area contributed by atoms with Crippen LogP contribution in [0.1, 0.15) is 16.1 Å². The monoisotopic (exact) mass is 493 g/mol. The number of hydrogen-bond donors (Lipinski definition) is 2. The number of carbonyl (C=O) groups excluding carboxylic acids is 3. The molecule has 1 fully saturated rings. The van der Waals surface area contributed by atoms with E-state index in [1.165, 1.54) is 18.4 Å². The van der Waals surface area contributed by atoms with Crippen molar-refractivity contribution >= 4 is 40.5 Å². The summed E-state index contributed by atoms with van der Waals surface area (Å²) < 4.78 is 4.80. The Morgan fingerprint density at radius 3 is 2.51 bits per heavy atom. The van der Waals surface area contributed by atoms with Gasteiger partial charge >= 0.3 is 5.97 Å². The number of rotatable bonds is 8. The highest BCUT2D eigenvalue weighted by Crippen LogP contribution is 2.30. The van der Waals surface area contributed by atoms with Gasteiger partial charge in [-0.1, -0.05) is 36.4 Å². The molecule has 0 bridgehead atoms. The van der Waals surface area contributed by atoms with Crippen molar-refractivity contribution < 1.29 is 19.1 Å². The zero-order chi connectivity index (χ0) is 24.8. The number of esters is 1. The number of carbonyl (C=O) groups is 3. The Morgan fingerprint density at radius 2 is 1.83 bits per heavy atom. The Hall–Kier alpha value is -3.76. The van der Waals surface area contributed by atoms with E-state index in [2.05, 4.69) is 15.2 Å². The van der Waals surface area contributed by atoms with Gasteiger partial charge in [0.2, 0.25) is 5.91 Å². The summed E-state index contributed by atoms with van der Waals surface area (Å²) >= 11 is 1.41. The fourth-order valence-electron chi connectivity index (χ4n) is 3.94. The number of nitrogens with zero attached hydrogens (tertiary/aromatic N) is 3. The summed E-state index contributed by atoms with van der Waals surface area (Å²) in [6, 6.07) is 15.2. The number of nitrogens with two attached hydrogens (primary N) is 1. The molecule has 1 aromatic heterocycles. The lowest BCUT2D eigenvalue weighted by Crippen LogP contribution is -2.49. The minimum absolute atomic E-state index is 0.131. The third-order valence-electron chi connectivity index (χ3n) is 5.74. The zero-order valence-corrected chi connectivity index (χ0v) is 20.2. The van der Waals surface area contributed by atoms with E-state index >= 15 is 0 Å². The summed E-state index contributed by atoms with van der Waals surface area (Å²) in [4.78, 5) is 44.8. The summed E-state index contributed by atoms with van der Waals surface area (Å²) in [5, 5.41) is 5.50. The molecule has 0 radical (unpaired) electrons. The second-order valence-electron chi connectivity index (χ2n) is 8.19. The molecule has 182 valence electrons. The normalized spacial score (nSPS) is 13.9. The first kappa shape index (κ1) is 24.4. The highest BCUT2D eigenvalue weighted by atomic mass is 32.1. The largest absolute Gasteiger partial charge is 0.469 e. The quantitative estimate of drug-likeness (QED) is 0.463. The molecule has 2 amide bonds. The number of piperazine rings is 1. The van der Waals surface area contributed by atoms with Gasteiger partial charge in [0.05, 0.1) is 31.5 Å². The average molecular weight is 494 g/mol. The van der Waals surface area contributed by atoms with Crippen LogP contribution in [0.4, 0.5) is 11.4 Å². The molecule has 2 heterocycles. The van der Waals surface area contributed by atoms with Gasteiger partial charge in [0, 0.05) is 37.1 Å². The predicted molar refractivity (Wildman–Crippen MR) is 136 cm³/mol. The molecule has 3 N–H and O–H groups in total. The third kappa shape index (κ3) is 6.23. The predicted octanol–water partition coefficient (Wildman–Crippen LogP) is 2.39. The Labute approximate surface area is 207 Å². The number of methoxy groups -OCH3 is 1. The van der Waals surface area contributed by atoms with E-state index in [1.807, 2.05) is 41.3 Å². The highest BCUT2D eigenvalue weighted by molar-refractivity contribution is 7.13. The van der Waals surface area contributed by atoms with Gasteiger partial charge in [-0.25, -0.2) is 4.98 Å². The van der Waals surface area contributed by atoms with Crippen molar-refractivity contribution in [3.8, 4) is 10.6 Å². The van der Waals surface area contributed by atoms with Crippen LogP contribution in [-0.2, 0) is 20.7 Å². The first-order valence-corrected chi connectivity index (χ1v) is 12.1. The topological polar surface area (TPSA) is 118 Å². The summed E-state index contributed by atoms with van der Waals surface area (Å²) in [6.45, 7) is 2.82. The first-order chi connectivity index (χ1) is 16.9. The average Bonchev–Trinajstić information content (AvgIpc) is 3.36. The van der Waals surface area contributed by atoms with Gasteiger partial charge in [0.1, 0.15) is 10.7 Å². The number of thiazole rings is 1. The van der Waals surface area contributed by atoms with Crippen molar-refractivity contribution in [3.63, 3.8) is 0 Å². The SMILES string of the molecule is COC(=O)Cc1ccc(NC(=O)c2csc(-c3ccccc3)n2)c(N2CCN(CC(N)=O)CC2)c1. The minimum atomic E-state index is -0.357. The third-order valence-corrected chi connectivity index (χ3v) is 6.63. The summed E-state index contributed by atoms with van der Waals surface area (Å²) in [6.07, 6.45) is 0.131. The van der Waals surface area contributed by atoms with Crippen LogP contribution in [0, 0.1) is 0 Å². The van der Waals surface area contributed by atoms with Crippen LogP contribution in [0.2, 0.25) is 0 Å². The van der Waals surface area contributed by atoms with Crippen molar-refractivity contribution in [3.05, 3.63) is 65.2 Å². The maximum atomic E-state index is 13.1. The molecule has 0 spiro atoms. The van der Waals surface area contributed by atoms with E-state index in [9.17, 15) is 14.4 Å². The number of benzene rings is 2. The molecule has 2 aromatic carbocycles. The number of ether oxygens (including phenoxy) is 1. The molecule has 35 heavy (non-hydrogen) atoms. The fraction of sp³-hybridized carbons (Fsp3) is 0.280. The van der Waals surface area contributed by atoms with Crippen LogP contribution < -0.4 is 16.0 Å². The van der Waals surface area contributed by atoms with E-state index in [1.54, 1.807) is 17.5 Å². The van der Waals surface area contributed by atoms with Crippen molar-refractivity contribution in [1.29, 1.82) is 0 Å². The van der Waals surface area contributed by atoms with Gasteiger partial charge in [-0.3, -0.25) is 19.3 Å². The molecule has 1 aliphatic heterocycles. The van der Waals surface area contributed by atoms with Gasteiger partial charge in [-0.05, 0) is 17.7 Å². The Kier molecular flexibility index (Phi) is 7.74. The molecule has 9 nitrogen and oxygen atoms in total. The summed E-state index contributed by atoms with van der Waals surface area (Å²) in [7, 11) is 1.35. The van der Waals surface area contributed by atoms with Crippen LogP contribution in [-0.4, -0.2) is 67.5 Å². The molecule has 0 aliphatic carbocycles. The zero-order valence-electron chi connectivity index (χ0n) is 19.4. The van der Waals surface area contributed by atoms with Crippen molar-refractivity contribution in [2.75, 3.05) is 50.1 Å². The van der Waals surface area contributed by atoms with E-state index in [4.69, 9.17) is 10.5 Å². The van der Waals surface area contributed by atoms with E-state index < -0.39 is 0 Å². The van der Waals surface area contributed by atoms with Gasteiger partial charge in [0.25, 0.3) is 5.91 Å². The van der Waals surface area contributed by atoms with Crippen LogP contribution in [0.5, 0.6) is 0 Å². The van der Waals surface area contributed by atoms with Gasteiger partial charge in [0.15, 0.2) is 0 Å². The lowest BCUT2D eigenvalue weighted by Gasteiger charge is -2.36. The molecule has 4 rings (SSSR count). The number of aromatic nitrogens is 1. The number of hydrogen-bond acceptors (Lipinski definition) is 8. The maximum absolute atomic E-state index is 13.1. The minimum Gasteiger partial charge on any atom is -0.469 e. The molecule has 1 aliphatic rings. The Balaban J connectivity index is 1.54. The molecule has 0 atom stereocenters. The number of nitrogens with one attached hydrogen (secondary N) is 1. The van der Waals surface area contributed by atoms with Crippen molar-refractivity contribution in [2.24, 2.45) is 5.73 Å². The Morgan fingerprint density at radius 1 is 1.09 bits per heavy atom. The van der Waals surface area contributed by atoms with Crippen molar-refractivity contribution in [1.82, 2.24) is 9.88 Å². The number of amides is 2. The summed E-state index contributed by atoms with van der Waals surface area (Å²) in [5.74, 6) is -1.00. The smallest absolute Gasteiger partial charge is 0.309 e. The van der Waals surface area contributed by atoms with Gasteiger partial charge in [-0.2, -0.15) is 0 Å². The lowest BCUT2D eigenvalue weighted by molar-refractivity contribution is -0.139.